The lowest BCUT2D eigenvalue weighted by Crippen LogP contribution is -2.57. The van der Waals surface area contributed by atoms with Crippen LogP contribution in [0.15, 0.2) is 0 Å². The Kier molecular flexibility index (Phi) is 4.39. The van der Waals surface area contributed by atoms with Crippen molar-refractivity contribution >= 4 is 0 Å². The van der Waals surface area contributed by atoms with Gasteiger partial charge < -0.3 is 9.64 Å². The first-order valence-electron chi connectivity index (χ1n) is 5.80. The lowest BCUT2D eigenvalue weighted by molar-refractivity contribution is -0.0908. The number of likely N-dealkylation sites (tertiary alicyclic amines) is 1. The molecule has 2 rings (SSSR count). The summed E-state index contributed by atoms with van der Waals surface area (Å²) in [5, 5.41) is 0. The van der Waals surface area contributed by atoms with E-state index < -0.39 is 0 Å². The fourth-order valence-corrected chi connectivity index (χ4v) is 2.26. The van der Waals surface area contributed by atoms with Gasteiger partial charge in [0.1, 0.15) is 0 Å². The molecule has 0 aromatic rings. The number of hydrogen-bond donors (Lipinski definition) is 0. The Labute approximate surface area is 88.6 Å². The number of hydrogen-bond acceptors (Lipinski definition) is 2. The van der Waals surface area contributed by atoms with Gasteiger partial charge in [0, 0.05) is 25.1 Å². The van der Waals surface area contributed by atoms with E-state index in [1.54, 1.807) is 0 Å². The SMILES string of the molecule is CC(C)C.CN1CC2(CCCOC2)C1. The van der Waals surface area contributed by atoms with E-state index in [0.717, 1.165) is 19.1 Å². The quantitative estimate of drug-likeness (QED) is 0.594. The molecule has 0 saturated carbocycles. The predicted octanol–water partition coefficient (Wildman–Crippen LogP) is 2.39. The highest BCUT2D eigenvalue weighted by molar-refractivity contribution is 4.94. The second-order valence-electron chi connectivity index (χ2n) is 5.56. The summed E-state index contributed by atoms with van der Waals surface area (Å²) in [6.07, 6.45) is 2.66. The van der Waals surface area contributed by atoms with Gasteiger partial charge in [-0.15, -0.1) is 0 Å². The molecule has 0 atom stereocenters. The van der Waals surface area contributed by atoms with Crippen LogP contribution < -0.4 is 0 Å². The maximum atomic E-state index is 5.45. The van der Waals surface area contributed by atoms with E-state index in [1.807, 2.05) is 0 Å². The topological polar surface area (TPSA) is 12.5 Å². The fraction of sp³-hybridized carbons (Fsp3) is 1.00. The van der Waals surface area contributed by atoms with Gasteiger partial charge >= 0.3 is 0 Å². The summed E-state index contributed by atoms with van der Waals surface area (Å²) in [4.78, 5) is 2.37. The molecule has 0 radical (unpaired) electrons. The third-order valence-electron chi connectivity index (χ3n) is 2.61. The molecular formula is C12H25NO. The third-order valence-corrected chi connectivity index (χ3v) is 2.61. The summed E-state index contributed by atoms with van der Waals surface area (Å²) in [6.45, 7) is 11.0. The monoisotopic (exact) mass is 199 g/mol. The van der Waals surface area contributed by atoms with E-state index >= 15 is 0 Å². The van der Waals surface area contributed by atoms with Crippen LogP contribution in [-0.2, 0) is 4.74 Å². The molecule has 14 heavy (non-hydrogen) atoms. The van der Waals surface area contributed by atoms with E-state index in [-0.39, 0.29) is 0 Å². The Balaban J connectivity index is 0.000000213. The van der Waals surface area contributed by atoms with Crippen molar-refractivity contribution in [3.05, 3.63) is 0 Å². The molecule has 0 amide bonds. The lowest BCUT2D eigenvalue weighted by Gasteiger charge is -2.50. The molecule has 84 valence electrons. The second kappa shape index (κ2) is 5.13. The molecule has 2 heteroatoms. The minimum absolute atomic E-state index is 0.576. The van der Waals surface area contributed by atoms with Crippen molar-refractivity contribution in [2.75, 3.05) is 33.4 Å². The van der Waals surface area contributed by atoms with Crippen molar-refractivity contribution in [1.29, 1.82) is 0 Å². The lowest BCUT2D eigenvalue weighted by atomic mass is 9.76. The Hall–Kier alpha value is -0.0800. The summed E-state index contributed by atoms with van der Waals surface area (Å²) in [5.74, 6) is 0.833. The Morgan fingerprint density at radius 1 is 1.21 bits per heavy atom. The van der Waals surface area contributed by atoms with Crippen LogP contribution in [0.5, 0.6) is 0 Å². The predicted molar refractivity (Wildman–Crippen MR) is 60.5 cm³/mol. The first-order valence-corrected chi connectivity index (χ1v) is 5.80. The summed E-state index contributed by atoms with van der Waals surface area (Å²) in [5.41, 5.74) is 0.576. The van der Waals surface area contributed by atoms with Gasteiger partial charge in [-0.05, 0) is 25.8 Å². The molecule has 0 aromatic carbocycles. The molecule has 0 aliphatic carbocycles. The van der Waals surface area contributed by atoms with Crippen molar-refractivity contribution in [2.45, 2.75) is 33.6 Å². The number of nitrogens with zero attached hydrogens (tertiary/aromatic N) is 1. The summed E-state index contributed by atoms with van der Waals surface area (Å²) < 4.78 is 5.45. The molecular weight excluding hydrogens is 174 g/mol. The molecule has 2 nitrogen and oxygen atoms in total. The molecule has 0 unspecified atom stereocenters. The molecule has 2 aliphatic heterocycles. The zero-order valence-electron chi connectivity index (χ0n) is 10.2. The van der Waals surface area contributed by atoms with E-state index in [2.05, 4.69) is 32.7 Å². The van der Waals surface area contributed by atoms with Gasteiger partial charge in [0.2, 0.25) is 0 Å². The van der Waals surface area contributed by atoms with Gasteiger partial charge in [-0.1, -0.05) is 20.8 Å². The van der Waals surface area contributed by atoms with Crippen molar-refractivity contribution in [3.63, 3.8) is 0 Å². The first kappa shape index (κ1) is 12.0. The molecule has 0 bridgehead atoms. The maximum absolute atomic E-state index is 5.45. The minimum atomic E-state index is 0.576. The average molecular weight is 199 g/mol. The molecule has 2 heterocycles. The van der Waals surface area contributed by atoms with Gasteiger partial charge in [-0.3, -0.25) is 0 Å². The van der Waals surface area contributed by atoms with Gasteiger partial charge in [0.25, 0.3) is 0 Å². The van der Waals surface area contributed by atoms with Crippen molar-refractivity contribution < 1.29 is 4.74 Å². The Morgan fingerprint density at radius 3 is 2.14 bits per heavy atom. The normalized spacial score (nSPS) is 25.5. The van der Waals surface area contributed by atoms with Crippen LogP contribution in [0.4, 0.5) is 0 Å². The average Bonchev–Trinajstić information content (AvgIpc) is 2.02. The fourth-order valence-electron chi connectivity index (χ4n) is 2.26. The smallest absolute Gasteiger partial charge is 0.0547 e. The molecule has 2 saturated heterocycles. The molecule has 1 spiro atoms. The summed E-state index contributed by atoms with van der Waals surface area (Å²) in [6, 6.07) is 0. The summed E-state index contributed by atoms with van der Waals surface area (Å²) >= 11 is 0. The zero-order chi connectivity index (χ0) is 10.6. The zero-order valence-corrected chi connectivity index (χ0v) is 10.2. The second-order valence-corrected chi connectivity index (χ2v) is 5.56. The van der Waals surface area contributed by atoms with Crippen molar-refractivity contribution in [2.24, 2.45) is 11.3 Å². The van der Waals surface area contributed by atoms with Crippen LogP contribution in [-0.4, -0.2) is 38.3 Å². The van der Waals surface area contributed by atoms with E-state index in [4.69, 9.17) is 4.74 Å². The molecule has 2 aliphatic rings. The molecule has 2 fully saturated rings. The van der Waals surface area contributed by atoms with Crippen LogP contribution in [0.3, 0.4) is 0 Å². The first-order chi connectivity index (χ1) is 6.54. The standard InChI is InChI=1S/C8H15NO.C4H10/c1-9-5-8(6-9)3-2-4-10-7-8;1-4(2)3/h2-7H2,1H3;4H,1-3H3. The number of rotatable bonds is 0. The third kappa shape index (κ3) is 3.58. The largest absolute Gasteiger partial charge is 0.381 e. The van der Waals surface area contributed by atoms with Crippen molar-refractivity contribution in [1.82, 2.24) is 4.90 Å². The van der Waals surface area contributed by atoms with Crippen LogP contribution >= 0.6 is 0 Å². The van der Waals surface area contributed by atoms with Crippen LogP contribution in [0.2, 0.25) is 0 Å². The minimum Gasteiger partial charge on any atom is -0.381 e. The van der Waals surface area contributed by atoms with Gasteiger partial charge in [0.05, 0.1) is 6.61 Å². The summed E-state index contributed by atoms with van der Waals surface area (Å²) in [7, 11) is 2.18. The van der Waals surface area contributed by atoms with Crippen LogP contribution in [0.25, 0.3) is 0 Å². The highest BCUT2D eigenvalue weighted by Crippen LogP contribution is 2.36. The maximum Gasteiger partial charge on any atom is 0.0547 e. The van der Waals surface area contributed by atoms with Gasteiger partial charge in [-0.2, -0.15) is 0 Å². The van der Waals surface area contributed by atoms with E-state index in [1.165, 1.54) is 25.9 Å². The number of ether oxygens (including phenoxy) is 1. The van der Waals surface area contributed by atoms with Gasteiger partial charge in [0.15, 0.2) is 0 Å². The Morgan fingerprint density at radius 2 is 1.79 bits per heavy atom. The van der Waals surface area contributed by atoms with Crippen LogP contribution in [0.1, 0.15) is 33.6 Å². The molecule has 0 N–H and O–H groups in total. The molecule has 0 aromatic heterocycles. The van der Waals surface area contributed by atoms with Crippen molar-refractivity contribution in [3.8, 4) is 0 Å². The highest BCUT2D eigenvalue weighted by Gasteiger charge is 2.42. The van der Waals surface area contributed by atoms with E-state index in [9.17, 15) is 0 Å². The van der Waals surface area contributed by atoms with Crippen LogP contribution in [0, 0.1) is 11.3 Å². The van der Waals surface area contributed by atoms with Gasteiger partial charge in [-0.25, -0.2) is 0 Å². The highest BCUT2D eigenvalue weighted by atomic mass is 16.5. The van der Waals surface area contributed by atoms with E-state index in [0.29, 0.717) is 5.41 Å². The Bertz CT molecular complexity index is 143.